The number of aliphatic carboxylic acids is 1. The quantitative estimate of drug-likeness (QED) is 0.886. The van der Waals surface area contributed by atoms with Crippen LogP contribution in [-0.2, 0) is 11.3 Å². The van der Waals surface area contributed by atoms with Crippen molar-refractivity contribution < 1.29 is 14.7 Å². The molecule has 0 saturated carbocycles. The molecule has 21 heavy (non-hydrogen) atoms. The number of rotatable bonds is 4. The van der Waals surface area contributed by atoms with Gasteiger partial charge in [0.05, 0.1) is 24.3 Å². The van der Waals surface area contributed by atoms with Crippen molar-refractivity contribution in [2.45, 2.75) is 13.5 Å². The molecular formula is C13H20N4O3S. The fourth-order valence-corrected chi connectivity index (χ4v) is 3.12. The maximum Gasteiger partial charge on any atom is 0.320 e. The van der Waals surface area contributed by atoms with Gasteiger partial charge in [0.2, 0.25) is 0 Å². The average molecular weight is 312 g/mol. The number of carbonyl (C=O) groups excluding carboxylic acids is 1. The van der Waals surface area contributed by atoms with Gasteiger partial charge in [0.25, 0.3) is 0 Å². The normalized spacial score (nSPS) is 16.0. The Hall–Kier alpha value is -1.67. The number of urea groups is 1. The van der Waals surface area contributed by atoms with Gasteiger partial charge in [0, 0.05) is 38.1 Å². The van der Waals surface area contributed by atoms with E-state index in [1.54, 1.807) is 33.7 Å². The number of thiazole rings is 1. The van der Waals surface area contributed by atoms with Crippen LogP contribution < -0.4 is 0 Å². The maximum atomic E-state index is 12.4. The Morgan fingerprint density at radius 1 is 1.38 bits per heavy atom. The molecule has 1 fully saturated rings. The number of amides is 2. The van der Waals surface area contributed by atoms with Crippen LogP contribution in [0.3, 0.4) is 0 Å². The molecule has 1 N–H and O–H groups in total. The van der Waals surface area contributed by atoms with E-state index in [2.05, 4.69) is 4.98 Å². The predicted octanol–water partition coefficient (Wildman–Crippen LogP) is 0.706. The van der Waals surface area contributed by atoms with Crippen LogP contribution >= 0.6 is 11.3 Å². The lowest BCUT2D eigenvalue weighted by Gasteiger charge is -2.35. The van der Waals surface area contributed by atoms with Crippen molar-refractivity contribution in [1.29, 1.82) is 0 Å². The zero-order valence-electron chi connectivity index (χ0n) is 12.3. The van der Waals surface area contributed by atoms with Crippen LogP contribution in [0.2, 0.25) is 0 Å². The van der Waals surface area contributed by atoms with E-state index in [1.165, 1.54) is 0 Å². The first kappa shape index (κ1) is 15.7. The van der Waals surface area contributed by atoms with Gasteiger partial charge >= 0.3 is 12.0 Å². The van der Waals surface area contributed by atoms with E-state index in [0.717, 1.165) is 10.6 Å². The van der Waals surface area contributed by atoms with Crippen molar-refractivity contribution in [1.82, 2.24) is 19.7 Å². The molecule has 0 unspecified atom stereocenters. The highest BCUT2D eigenvalue weighted by Crippen LogP contribution is 2.15. The molecule has 2 amide bonds. The molecule has 2 heterocycles. The molecule has 1 aliphatic heterocycles. The summed E-state index contributed by atoms with van der Waals surface area (Å²) in [5, 5.41) is 8.76. The van der Waals surface area contributed by atoms with Crippen LogP contribution in [-0.4, -0.2) is 76.6 Å². The molecular weight excluding hydrogens is 292 g/mol. The summed E-state index contributed by atoms with van der Waals surface area (Å²) in [6, 6.07) is -0.0159. The lowest BCUT2D eigenvalue weighted by atomic mass is 10.3. The third-order valence-electron chi connectivity index (χ3n) is 3.55. The third-order valence-corrected chi connectivity index (χ3v) is 4.47. The first-order valence-corrected chi connectivity index (χ1v) is 7.68. The minimum Gasteiger partial charge on any atom is -0.480 e. The fraction of sp³-hybridized carbons (Fsp3) is 0.615. The maximum absolute atomic E-state index is 12.4. The van der Waals surface area contributed by atoms with Gasteiger partial charge in [0.1, 0.15) is 0 Å². The first-order chi connectivity index (χ1) is 9.97. The number of carboxylic acids is 1. The van der Waals surface area contributed by atoms with Gasteiger partial charge in [-0.15, -0.1) is 11.3 Å². The van der Waals surface area contributed by atoms with E-state index in [-0.39, 0.29) is 12.6 Å². The van der Waals surface area contributed by atoms with Crippen molar-refractivity contribution in [2.24, 2.45) is 0 Å². The fourth-order valence-electron chi connectivity index (χ4n) is 2.29. The van der Waals surface area contributed by atoms with E-state index in [1.807, 2.05) is 11.8 Å². The van der Waals surface area contributed by atoms with Gasteiger partial charge in [0.15, 0.2) is 0 Å². The van der Waals surface area contributed by atoms with Crippen LogP contribution in [0.4, 0.5) is 4.79 Å². The van der Waals surface area contributed by atoms with Gasteiger partial charge in [-0.25, -0.2) is 9.78 Å². The highest BCUT2D eigenvalue weighted by atomic mass is 32.1. The van der Waals surface area contributed by atoms with Crippen LogP contribution in [0, 0.1) is 6.92 Å². The number of carboxylic acid groups (broad SMARTS) is 1. The number of aromatic nitrogens is 1. The molecule has 116 valence electrons. The number of piperazine rings is 1. The summed E-state index contributed by atoms with van der Waals surface area (Å²) in [5.74, 6) is -0.826. The lowest BCUT2D eigenvalue weighted by Crippen LogP contribution is -2.52. The second kappa shape index (κ2) is 6.86. The largest absolute Gasteiger partial charge is 0.480 e. The topological polar surface area (TPSA) is 77.0 Å². The molecule has 1 aromatic heterocycles. The van der Waals surface area contributed by atoms with Crippen molar-refractivity contribution in [3.63, 3.8) is 0 Å². The van der Waals surface area contributed by atoms with E-state index in [0.29, 0.717) is 32.7 Å². The summed E-state index contributed by atoms with van der Waals surface area (Å²) in [6.45, 7) is 4.88. The molecule has 0 aliphatic carbocycles. The smallest absolute Gasteiger partial charge is 0.320 e. The molecule has 8 heteroatoms. The molecule has 7 nitrogen and oxygen atoms in total. The molecule has 0 bridgehead atoms. The molecule has 0 atom stereocenters. The average Bonchev–Trinajstić information content (AvgIpc) is 2.83. The number of aryl methyl sites for hydroxylation is 1. The summed E-state index contributed by atoms with van der Waals surface area (Å²) in [4.78, 5) is 33.6. The van der Waals surface area contributed by atoms with E-state index in [9.17, 15) is 9.59 Å². The van der Waals surface area contributed by atoms with Crippen molar-refractivity contribution in [3.8, 4) is 0 Å². The minimum absolute atomic E-state index is 0.0159. The highest BCUT2D eigenvalue weighted by molar-refractivity contribution is 7.09. The third kappa shape index (κ3) is 4.15. The van der Waals surface area contributed by atoms with Crippen molar-refractivity contribution in [2.75, 3.05) is 39.8 Å². The molecule has 0 radical (unpaired) electrons. The Morgan fingerprint density at radius 2 is 2.05 bits per heavy atom. The summed E-state index contributed by atoms with van der Waals surface area (Å²) in [7, 11) is 1.78. The second-order valence-electron chi connectivity index (χ2n) is 5.16. The highest BCUT2D eigenvalue weighted by Gasteiger charge is 2.24. The monoisotopic (exact) mass is 312 g/mol. The Bertz CT molecular complexity index is 511. The number of hydrogen-bond acceptors (Lipinski definition) is 5. The SMILES string of the molecule is Cc1ncsc1CN(C)C(=O)N1CCN(CC(=O)O)CC1. The van der Waals surface area contributed by atoms with E-state index >= 15 is 0 Å². The molecule has 1 aliphatic rings. The van der Waals surface area contributed by atoms with Gasteiger partial charge in [-0.1, -0.05) is 0 Å². The minimum atomic E-state index is -0.826. The van der Waals surface area contributed by atoms with E-state index < -0.39 is 5.97 Å². The van der Waals surface area contributed by atoms with Gasteiger partial charge < -0.3 is 14.9 Å². The molecule has 0 spiro atoms. The Balaban J connectivity index is 1.84. The first-order valence-electron chi connectivity index (χ1n) is 6.80. The summed E-state index contributed by atoms with van der Waals surface area (Å²) in [6.07, 6.45) is 0. The molecule has 2 rings (SSSR count). The Kier molecular flexibility index (Phi) is 5.13. The summed E-state index contributed by atoms with van der Waals surface area (Å²) >= 11 is 1.55. The van der Waals surface area contributed by atoms with Crippen LogP contribution in [0.15, 0.2) is 5.51 Å². The molecule has 1 saturated heterocycles. The van der Waals surface area contributed by atoms with Crippen LogP contribution in [0.5, 0.6) is 0 Å². The van der Waals surface area contributed by atoms with E-state index in [4.69, 9.17) is 5.11 Å². The van der Waals surface area contributed by atoms with Crippen molar-refractivity contribution >= 4 is 23.3 Å². The second-order valence-corrected chi connectivity index (χ2v) is 6.10. The van der Waals surface area contributed by atoms with Gasteiger partial charge in [-0.05, 0) is 6.92 Å². The zero-order chi connectivity index (χ0) is 15.4. The van der Waals surface area contributed by atoms with Crippen LogP contribution in [0.25, 0.3) is 0 Å². The standard InChI is InChI=1S/C13H20N4O3S/c1-10-11(21-9-14-10)7-15(2)13(20)17-5-3-16(4-6-17)8-12(18)19/h9H,3-8H2,1-2H3,(H,18,19). The lowest BCUT2D eigenvalue weighted by molar-refractivity contribution is -0.138. The predicted molar refractivity (Wildman–Crippen MR) is 79.4 cm³/mol. The summed E-state index contributed by atoms with van der Waals surface area (Å²) < 4.78 is 0. The Labute approximate surface area is 127 Å². The molecule has 0 aromatic carbocycles. The number of nitrogens with zero attached hydrogens (tertiary/aromatic N) is 4. The Morgan fingerprint density at radius 3 is 2.57 bits per heavy atom. The van der Waals surface area contributed by atoms with Crippen LogP contribution in [0.1, 0.15) is 10.6 Å². The number of carbonyl (C=O) groups is 2. The van der Waals surface area contributed by atoms with Gasteiger partial charge in [-0.3, -0.25) is 9.69 Å². The van der Waals surface area contributed by atoms with Crippen molar-refractivity contribution in [3.05, 3.63) is 16.1 Å². The number of hydrogen-bond donors (Lipinski definition) is 1. The molecule has 1 aromatic rings. The summed E-state index contributed by atoms with van der Waals surface area (Å²) in [5.41, 5.74) is 2.75. The van der Waals surface area contributed by atoms with Gasteiger partial charge in [-0.2, -0.15) is 0 Å². The zero-order valence-corrected chi connectivity index (χ0v) is 13.1.